The summed E-state index contributed by atoms with van der Waals surface area (Å²) in [7, 11) is 1.70. The van der Waals surface area contributed by atoms with E-state index in [4.69, 9.17) is 22.1 Å². The minimum Gasteiger partial charge on any atom is -0.491 e. The molecule has 0 saturated carbocycles. The fourth-order valence-corrected chi connectivity index (χ4v) is 4.47. The van der Waals surface area contributed by atoms with E-state index in [1.54, 1.807) is 7.05 Å². The van der Waals surface area contributed by atoms with E-state index in [0.29, 0.717) is 9.23 Å². The van der Waals surface area contributed by atoms with Crippen LogP contribution >= 0.6 is 24.0 Å². The van der Waals surface area contributed by atoms with E-state index in [9.17, 15) is 4.79 Å². The lowest BCUT2D eigenvalue weighted by atomic mass is 10.0. The molecule has 1 aliphatic heterocycles. The van der Waals surface area contributed by atoms with Crippen molar-refractivity contribution in [2.75, 3.05) is 7.05 Å². The highest BCUT2D eigenvalue weighted by molar-refractivity contribution is 8.26. The molecule has 0 aliphatic carbocycles. The van der Waals surface area contributed by atoms with E-state index < -0.39 is 0 Å². The molecular formula is C24H23N3O2S2. The Bertz CT molecular complexity index is 1180. The van der Waals surface area contributed by atoms with Crippen molar-refractivity contribution in [3.63, 3.8) is 0 Å². The van der Waals surface area contributed by atoms with Crippen molar-refractivity contribution >= 4 is 40.3 Å². The number of carbonyl (C=O) groups is 1. The second-order valence-electron chi connectivity index (χ2n) is 7.60. The number of ether oxygens (including phenoxy) is 1. The van der Waals surface area contributed by atoms with Crippen LogP contribution in [0.1, 0.15) is 25.0 Å². The Morgan fingerprint density at radius 1 is 1.16 bits per heavy atom. The molecule has 1 aliphatic rings. The highest BCUT2D eigenvalue weighted by atomic mass is 32.2. The van der Waals surface area contributed by atoms with E-state index in [2.05, 4.69) is 6.07 Å². The van der Waals surface area contributed by atoms with E-state index in [-0.39, 0.29) is 12.0 Å². The molecule has 31 heavy (non-hydrogen) atoms. The predicted octanol–water partition coefficient (Wildman–Crippen LogP) is 5.47. The van der Waals surface area contributed by atoms with Crippen LogP contribution in [0.2, 0.25) is 0 Å². The third-order valence-electron chi connectivity index (χ3n) is 4.85. The van der Waals surface area contributed by atoms with Crippen LogP contribution < -0.4 is 4.74 Å². The minimum absolute atomic E-state index is 0.0923. The summed E-state index contributed by atoms with van der Waals surface area (Å²) in [5.74, 6) is 0.764. The van der Waals surface area contributed by atoms with Crippen LogP contribution in [0.15, 0.2) is 59.6 Å². The summed E-state index contributed by atoms with van der Waals surface area (Å²) in [4.78, 5) is 14.6. The van der Waals surface area contributed by atoms with E-state index in [0.717, 1.165) is 33.8 Å². The molecule has 4 rings (SSSR count). The number of nitrogens with zero attached hydrogens (tertiary/aromatic N) is 3. The van der Waals surface area contributed by atoms with Gasteiger partial charge in [0.15, 0.2) is 0 Å². The zero-order chi connectivity index (χ0) is 22.1. The molecule has 0 N–H and O–H groups in total. The quantitative estimate of drug-likeness (QED) is 0.382. The molecule has 1 aromatic heterocycles. The van der Waals surface area contributed by atoms with Gasteiger partial charge in [-0.15, -0.1) is 0 Å². The maximum atomic E-state index is 12.6. The largest absolute Gasteiger partial charge is 0.491 e. The number of carbonyl (C=O) groups excluding carboxylic acids is 1. The van der Waals surface area contributed by atoms with Crippen molar-refractivity contribution in [2.45, 2.75) is 26.9 Å². The highest BCUT2D eigenvalue weighted by Gasteiger charge is 2.29. The molecule has 0 atom stereocenters. The molecule has 7 heteroatoms. The van der Waals surface area contributed by atoms with Gasteiger partial charge in [-0.25, -0.2) is 4.68 Å². The first-order chi connectivity index (χ1) is 14.8. The predicted molar refractivity (Wildman–Crippen MR) is 130 cm³/mol. The summed E-state index contributed by atoms with van der Waals surface area (Å²) in [6.45, 7) is 6.05. The zero-order valence-electron chi connectivity index (χ0n) is 17.8. The number of benzene rings is 2. The van der Waals surface area contributed by atoms with Crippen molar-refractivity contribution in [3.05, 3.63) is 70.8 Å². The van der Waals surface area contributed by atoms with Crippen LogP contribution in [0, 0.1) is 6.92 Å². The van der Waals surface area contributed by atoms with Crippen molar-refractivity contribution in [3.8, 4) is 22.7 Å². The molecule has 0 bridgehead atoms. The second kappa shape index (κ2) is 8.69. The number of hydrogen-bond donors (Lipinski definition) is 0. The Balaban J connectivity index is 1.81. The molecule has 5 nitrogen and oxygen atoms in total. The van der Waals surface area contributed by atoms with Gasteiger partial charge in [-0.05, 0) is 62.7 Å². The SMILES string of the molecule is Cc1cc(-c2nn(-c3ccccc3)cc2/C=C2\SC(=S)N(C)C2=O)ccc1OC(C)C. The topological polar surface area (TPSA) is 47.4 Å². The number of rotatable bonds is 5. The Morgan fingerprint density at radius 3 is 2.52 bits per heavy atom. The number of para-hydroxylation sites is 1. The maximum absolute atomic E-state index is 12.6. The molecule has 0 spiro atoms. The summed E-state index contributed by atoms with van der Waals surface area (Å²) in [6, 6.07) is 16.0. The molecule has 2 aromatic carbocycles. The Morgan fingerprint density at radius 2 is 1.90 bits per heavy atom. The fourth-order valence-electron chi connectivity index (χ4n) is 3.30. The van der Waals surface area contributed by atoms with Crippen LogP contribution in [0.3, 0.4) is 0 Å². The molecule has 2 heterocycles. The lowest BCUT2D eigenvalue weighted by molar-refractivity contribution is -0.121. The lowest BCUT2D eigenvalue weighted by Gasteiger charge is -2.13. The summed E-state index contributed by atoms with van der Waals surface area (Å²) in [5, 5.41) is 4.85. The van der Waals surface area contributed by atoms with Gasteiger partial charge in [-0.2, -0.15) is 5.10 Å². The number of aromatic nitrogens is 2. The standard InChI is InChI=1S/C24H23N3O2S2/c1-15(2)29-20-11-10-17(12-16(20)3)22-18(13-21-23(28)26(4)24(30)31-21)14-27(25-22)19-8-6-5-7-9-19/h5-15H,1-4H3/b21-13-. The second-order valence-corrected chi connectivity index (χ2v) is 9.28. The molecule has 158 valence electrons. The molecule has 0 radical (unpaired) electrons. The molecule has 1 amide bonds. The van der Waals surface area contributed by atoms with Crippen molar-refractivity contribution in [2.24, 2.45) is 0 Å². The molecular weight excluding hydrogens is 426 g/mol. The Kier molecular flexibility index (Phi) is 5.98. The van der Waals surface area contributed by atoms with Crippen molar-refractivity contribution < 1.29 is 9.53 Å². The third kappa shape index (κ3) is 4.43. The van der Waals surface area contributed by atoms with Gasteiger partial charge in [0.2, 0.25) is 0 Å². The molecule has 1 fully saturated rings. The molecule has 3 aromatic rings. The fraction of sp³-hybridized carbons (Fsp3) is 0.208. The number of aryl methyl sites for hydroxylation is 1. The number of thioether (sulfide) groups is 1. The van der Waals surface area contributed by atoms with Gasteiger partial charge < -0.3 is 4.74 Å². The van der Waals surface area contributed by atoms with Gasteiger partial charge in [0.1, 0.15) is 15.8 Å². The third-order valence-corrected chi connectivity index (χ3v) is 6.33. The number of amides is 1. The van der Waals surface area contributed by atoms with Gasteiger partial charge in [0, 0.05) is 24.4 Å². The van der Waals surface area contributed by atoms with Crippen LogP contribution in [-0.4, -0.2) is 38.1 Å². The van der Waals surface area contributed by atoms with Gasteiger partial charge in [-0.3, -0.25) is 9.69 Å². The molecule has 1 saturated heterocycles. The van der Waals surface area contributed by atoms with Crippen LogP contribution in [0.25, 0.3) is 23.0 Å². The maximum Gasteiger partial charge on any atom is 0.265 e. The average molecular weight is 450 g/mol. The average Bonchev–Trinajstić information content (AvgIpc) is 3.27. The summed E-state index contributed by atoms with van der Waals surface area (Å²) in [6.07, 6.45) is 3.92. The Labute approximate surface area is 191 Å². The van der Waals surface area contributed by atoms with Gasteiger partial charge in [0.05, 0.1) is 16.7 Å². The number of hydrogen-bond acceptors (Lipinski definition) is 5. The monoisotopic (exact) mass is 449 g/mol. The highest BCUT2D eigenvalue weighted by Crippen LogP contribution is 2.35. The van der Waals surface area contributed by atoms with Crippen molar-refractivity contribution in [1.29, 1.82) is 0 Å². The zero-order valence-corrected chi connectivity index (χ0v) is 19.5. The van der Waals surface area contributed by atoms with Gasteiger partial charge >= 0.3 is 0 Å². The van der Waals surface area contributed by atoms with Crippen molar-refractivity contribution in [1.82, 2.24) is 14.7 Å². The minimum atomic E-state index is -0.0923. The number of thiocarbonyl (C=S) groups is 1. The van der Waals surface area contributed by atoms with Gasteiger partial charge in [-0.1, -0.05) is 42.2 Å². The number of likely N-dealkylation sites (N-methyl/N-ethyl adjacent to an activating group) is 1. The van der Waals surface area contributed by atoms with E-state index >= 15 is 0 Å². The van der Waals surface area contributed by atoms with E-state index in [1.807, 2.05) is 80.2 Å². The molecule has 0 unspecified atom stereocenters. The van der Waals surface area contributed by atoms with Crippen LogP contribution in [0.5, 0.6) is 5.75 Å². The summed E-state index contributed by atoms with van der Waals surface area (Å²) >= 11 is 6.59. The van der Waals surface area contributed by atoms with Crippen LogP contribution in [-0.2, 0) is 4.79 Å². The lowest BCUT2D eigenvalue weighted by Crippen LogP contribution is -2.22. The smallest absolute Gasteiger partial charge is 0.265 e. The first-order valence-electron chi connectivity index (χ1n) is 9.98. The summed E-state index contributed by atoms with van der Waals surface area (Å²) < 4.78 is 8.27. The van der Waals surface area contributed by atoms with E-state index in [1.165, 1.54) is 16.7 Å². The first-order valence-corrected chi connectivity index (χ1v) is 11.2. The summed E-state index contributed by atoms with van der Waals surface area (Å²) in [5.41, 5.74) is 4.59. The normalized spacial score (nSPS) is 15.4. The Hall–Kier alpha value is -2.90. The van der Waals surface area contributed by atoms with Gasteiger partial charge in [0.25, 0.3) is 5.91 Å². The van der Waals surface area contributed by atoms with Crippen LogP contribution in [0.4, 0.5) is 0 Å². The first kappa shape index (κ1) is 21.3.